The highest BCUT2D eigenvalue weighted by molar-refractivity contribution is 6.06. The molecule has 0 saturated carbocycles. The van der Waals surface area contributed by atoms with Crippen molar-refractivity contribution in [1.82, 2.24) is 24.9 Å². The van der Waals surface area contributed by atoms with Crippen molar-refractivity contribution >= 4 is 41.4 Å². The predicted molar refractivity (Wildman–Crippen MR) is 198 cm³/mol. The number of amides is 6. The van der Waals surface area contributed by atoms with Crippen molar-refractivity contribution < 1.29 is 38.3 Å². The first-order chi connectivity index (χ1) is 24.2. The first-order valence-electron chi connectivity index (χ1n) is 19.1. The number of unbranched alkanes of at least 4 members (excludes halogenated alkanes) is 1. The zero-order chi connectivity index (χ0) is 39.6. The fourth-order valence-corrected chi connectivity index (χ4v) is 7.49. The van der Waals surface area contributed by atoms with Crippen molar-refractivity contribution in [1.29, 1.82) is 0 Å². The molecule has 0 aromatic carbocycles. The van der Waals surface area contributed by atoms with E-state index in [0.717, 1.165) is 24.2 Å². The van der Waals surface area contributed by atoms with E-state index in [1.165, 1.54) is 41.7 Å². The highest BCUT2D eigenvalue weighted by Crippen LogP contribution is 2.27. The molecule has 1 saturated heterocycles. The number of carbonyl (C=O) groups excluding carboxylic acids is 7. The van der Waals surface area contributed by atoms with E-state index in [1.807, 2.05) is 20.8 Å². The summed E-state index contributed by atoms with van der Waals surface area (Å²) >= 11 is 0. The van der Waals surface area contributed by atoms with Crippen LogP contribution in [0.3, 0.4) is 0 Å². The summed E-state index contributed by atoms with van der Waals surface area (Å²) in [5.74, 6) is -3.76. The van der Waals surface area contributed by atoms with Crippen LogP contribution in [0.1, 0.15) is 114 Å². The van der Waals surface area contributed by atoms with Crippen LogP contribution >= 0.6 is 0 Å². The number of ether oxygens (including phenoxy) is 1. The second-order valence-corrected chi connectivity index (χ2v) is 15.8. The summed E-state index contributed by atoms with van der Waals surface area (Å²) in [5, 5.41) is 2.80. The van der Waals surface area contributed by atoms with Gasteiger partial charge in [-0.1, -0.05) is 73.8 Å². The number of hydrogen-bond acceptors (Lipinski definition) is 8. The van der Waals surface area contributed by atoms with Crippen molar-refractivity contribution in [2.24, 2.45) is 23.7 Å². The fourth-order valence-electron chi connectivity index (χ4n) is 7.49. The molecule has 0 aromatic rings. The number of nitrogens with one attached hydrogen (secondary N) is 1. The van der Waals surface area contributed by atoms with E-state index in [0.29, 0.717) is 31.6 Å². The molecule has 0 bridgehead atoms. The van der Waals surface area contributed by atoms with Gasteiger partial charge in [-0.25, -0.2) is 0 Å². The molecule has 52 heavy (non-hydrogen) atoms. The molecule has 0 aromatic heterocycles. The van der Waals surface area contributed by atoms with E-state index in [1.54, 1.807) is 33.9 Å². The molecule has 2 aliphatic rings. The number of likely N-dealkylation sites (N-methyl/N-ethyl adjacent to an activating group) is 2. The second kappa shape index (κ2) is 19.9. The molecule has 2 rings (SSSR count). The predicted octanol–water partition coefficient (Wildman–Crippen LogP) is 3.94. The van der Waals surface area contributed by atoms with E-state index < -0.39 is 77.7 Å². The summed E-state index contributed by atoms with van der Waals surface area (Å²) in [5.41, 5.74) is 0. The summed E-state index contributed by atoms with van der Waals surface area (Å²) in [4.78, 5) is 99.8. The second-order valence-electron chi connectivity index (χ2n) is 15.8. The van der Waals surface area contributed by atoms with Crippen molar-refractivity contribution in [3.8, 4) is 0 Å². The van der Waals surface area contributed by atoms with Crippen LogP contribution in [0, 0.1) is 23.7 Å². The van der Waals surface area contributed by atoms with Crippen LogP contribution in [0.25, 0.3) is 0 Å². The zero-order valence-electron chi connectivity index (χ0n) is 33.6. The molecule has 294 valence electrons. The Morgan fingerprint density at radius 3 is 2.12 bits per heavy atom. The topological polar surface area (TPSA) is 154 Å². The highest BCUT2D eigenvalue weighted by Gasteiger charge is 2.46. The zero-order valence-corrected chi connectivity index (χ0v) is 33.6. The van der Waals surface area contributed by atoms with E-state index in [9.17, 15) is 33.6 Å². The van der Waals surface area contributed by atoms with Gasteiger partial charge in [-0.3, -0.25) is 38.5 Å². The van der Waals surface area contributed by atoms with Crippen LogP contribution < -0.4 is 5.32 Å². The van der Waals surface area contributed by atoms with Crippen LogP contribution in [-0.4, -0.2) is 118 Å². The molecular weight excluding hydrogens is 666 g/mol. The fraction of sp³-hybridized carbons (Fsp3) is 0.769. The first kappa shape index (κ1) is 44.4. The Bertz CT molecular complexity index is 1330. The van der Waals surface area contributed by atoms with Crippen molar-refractivity contribution in [3.63, 3.8) is 0 Å². The average molecular weight is 732 g/mol. The van der Waals surface area contributed by atoms with Crippen molar-refractivity contribution in [2.75, 3.05) is 20.6 Å². The van der Waals surface area contributed by atoms with E-state index in [2.05, 4.69) is 19.2 Å². The van der Waals surface area contributed by atoms with Crippen molar-refractivity contribution in [3.05, 3.63) is 12.2 Å². The molecule has 13 nitrogen and oxygen atoms in total. The first-order valence-corrected chi connectivity index (χ1v) is 19.1. The highest BCUT2D eigenvalue weighted by atomic mass is 16.5. The van der Waals surface area contributed by atoms with E-state index >= 15 is 0 Å². The Labute approximate surface area is 311 Å². The van der Waals surface area contributed by atoms with Gasteiger partial charge < -0.3 is 24.8 Å². The van der Waals surface area contributed by atoms with Crippen LogP contribution in [0.2, 0.25) is 0 Å². The smallest absolute Gasteiger partial charge is 0.302 e. The molecule has 6 amide bonds. The largest absolute Gasteiger partial charge is 0.460 e. The van der Waals surface area contributed by atoms with E-state index in [-0.39, 0.29) is 24.3 Å². The van der Waals surface area contributed by atoms with Gasteiger partial charge in [0.15, 0.2) is 0 Å². The van der Waals surface area contributed by atoms with Crippen molar-refractivity contribution in [2.45, 2.75) is 150 Å². The minimum Gasteiger partial charge on any atom is -0.460 e. The maximum atomic E-state index is 14.4. The molecule has 2 aliphatic heterocycles. The minimum absolute atomic E-state index is 0.0289. The lowest BCUT2D eigenvalue weighted by Crippen LogP contribution is -2.62. The van der Waals surface area contributed by atoms with Crippen LogP contribution in [0.15, 0.2) is 12.2 Å². The number of carbonyl (C=O) groups is 7. The van der Waals surface area contributed by atoms with Gasteiger partial charge in [0, 0.05) is 39.6 Å². The normalized spacial score (nSPS) is 20.7. The summed E-state index contributed by atoms with van der Waals surface area (Å²) in [6.07, 6.45) is 6.99. The monoisotopic (exact) mass is 731 g/mol. The number of esters is 1. The Hall–Kier alpha value is -3.77. The number of imide groups is 1. The summed E-state index contributed by atoms with van der Waals surface area (Å²) < 4.78 is 5.43. The standard InChI is InChI=1S/C39H65N5O8/c1-13-14-16-25(6)22-26(7)36(48)41(11)31(21-23(2)3)35(47)40-33(28(9)52-29(10)45)38(50)42(12)34(24(4)5)39(51)43-20-15-17-30(43)37(49)44-27(8)18-19-32(44)46/h18-19,23-28,30-31,33-34H,13-17,20-22H2,1-12H3,(H,40,47)/t25-,26-,27?,28-,30+,31+,33+,34+/m1/s1. The number of nitrogens with zero attached hydrogens (tertiary/aromatic N) is 4. The summed E-state index contributed by atoms with van der Waals surface area (Å²) in [7, 11) is 3.06. The van der Waals surface area contributed by atoms with Gasteiger partial charge in [-0.2, -0.15) is 0 Å². The Morgan fingerprint density at radius 2 is 1.60 bits per heavy atom. The molecule has 8 atom stereocenters. The maximum Gasteiger partial charge on any atom is 0.302 e. The maximum absolute atomic E-state index is 14.4. The van der Waals surface area contributed by atoms with Crippen LogP contribution in [0.4, 0.5) is 0 Å². The van der Waals surface area contributed by atoms with Gasteiger partial charge in [0.25, 0.3) is 11.8 Å². The van der Waals surface area contributed by atoms with Gasteiger partial charge in [0.05, 0.1) is 6.04 Å². The van der Waals surface area contributed by atoms with Crippen LogP contribution in [0.5, 0.6) is 0 Å². The Morgan fingerprint density at radius 1 is 0.962 bits per heavy atom. The molecule has 0 spiro atoms. The lowest BCUT2D eigenvalue weighted by Gasteiger charge is -2.38. The summed E-state index contributed by atoms with van der Waals surface area (Å²) in [6, 6.07) is -4.62. The SMILES string of the molecule is CCCC[C@@H](C)C[C@@H](C)C(=O)N(C)[C@@H](CC(C)C)C(=O)N[C@H](C(=O)N(C)[C@H](C(=O)N1CCC[C@H]1C(=O)N1C(=O)C=CC1C)C(C)C)[C@@H](C)OC(C)=O. The molecule has 1 fully saturated rings. The molecule has 1 N–H and O–H groups in total. The van der Waals surface area contributed by atoms with Gasteiger partial charge in [-0.15, -0.1) is 0 Å². The lowest BCUT2D eigenvalue weighted by atomic mass is 9.91. The Balaban J connectivity index is 2.38. The average Bonchev–Trinajstić information content (AvgIpc) is 3.69. The third-order valence-electron chi connectivity index (χ3n) is 10.3. The lowest BCUT2D eigenvalue weighted by molar-refractivity contribution is -0.157. The number of hydrogen-bond donors (Lipinski definition) is 1. The quantitative estimate of drug-likeness (QED) is 0.164. The molecule has 0 aliphatic carbocycles. The minimum atomic E-state index is -1.38. The van der Waals surface area contributed by atoms with E-state index in [4.69, 9.17) is 4.74 Å². The molecule has 0 radical (unpaired) electrons. The summed E-state index contributed by atoms with van der Waals surface area (Å²) in [6.45, 7) is 18.3. The Kier molecular flexibility index (Phi) is 17.0. The molecular formula is C39H65N5O8. The molecule has 2 heterocycles. The number of rotatable bonds is 18. The van der Waals surface area contributed by atoms with Gasteiger partial charge in [0.1, 0.15) is 30.3 Å². The van der Waals surface area contributed by atoms with Gasteiger partial charge >= 0.3 is 5.97 Å². The van der Waals surface area contributed by atoms with Gasteiger partial charge in [-0.05, 0) is 57.3 Å². The third kappa shape index (κ3) is 11.4. The van der Waals surface area contributed by atoms with Gasteiger partial charge in [0.2, 0.25) is 23.6 Å². The van der Waals surface area contributed by atoms with Crippen LogP contribution in [-0.2, 0) is 38.3 Å². The third-order valence-corrected chi connectivity index (χ3v) is 10.3. The molecule has 1 unspecified atom stereocenters. The number of likely N-dealkylation sites (tertiary alicyclic amines) is 1. The molecule has 13 heteroatoms.